The lowest BCUT2D eigenvalue weighted by atomic mass is 10.1. The molecule has 0 atom stereocenters. The van der Waals surface area contributed by atoms with E-state index in [1.54, 1.807) is 30.3 Å². The number of aryl methyl sites for hydroxylation is 1. The molecule has 0 spiro atoms. The number of aromatic nitrogens is 3. The van der Waals surface area contributed by atoms with Crippen LogP contribution >= 0.6 is 23.2 Å². The average molecular weight is 606 g/mol. The quantitative estimate of drug-likeness (QED) is 0.254. The smallest absolute Gasteiger partial charge is 0.320 e. The van der Waals surface area contributed by atoms with Crippen LogP contribution in [0.1, 0.15) is 32.1 Å². The molecule has 2 aromatic heterocycles. The number of benzene rings is 2. The lowest BCUT2D eigenvalue weighted by molar-refractivity contribution is -0.141. The molecular weight excluding hydrogens is 586 g/mol. The molecule has 0 aliphatic rings. The zero-order valence-corrected chi connectivity index (χ0v) is 22.8. The number of anilines is 2. The van der Waals surface area contributed by atoms with Crippen LogP contribution in [0, 0.1) is 6.92 Å². The number of nitrogens with zero attached hydrogens (tertiary/aromatic N) is 4. The minimum atomic E-state index is -4.88. The second-order valence-corrected chi connectivity index (χ2v) is 9.36. The predicted octanol–water partition coefficient (Wildman–Crippen LogP) is 5.64. The van der Waals surface area contributed by atoms with Crippen LogP contribution in [-0.4, -0.2) is 39.7 Å². The maximum absolute atomic E-state index is 13.5. The summed E-state index contributed by atoms with van der Waals surface area (Å²) in [6.45, 7) is 1.52. The van der Waals surface area contributed by atoms with E-state index in [1.165, 1.54) is 49.3 Å². The van der Waals surface area contributed by atoms with Gasteiger partial charge < -0.3 is 5.32 Å². The van der Waals surface area contributed by atoms with Crippen LogP contribution in [0.25, 0.3) is 5.82 Å². The maximum Gasteiger partial charge on any atom is 0.435 e. The van der Waals surface area contributed by atoms with Crippen LogP contribution in [0.2, 0.25) is 10.0 Å². The minimum absolute atomic E-state index is 0.0580. The van der Waals surface area contributed by atoms with Crippen molar-refractivity contribution in [2.45, 2.75) is 13.1 Å². The third-order valence-electron chi connectivity index (χ3n) is 5.69. The van der Waals surface area contributed by atoms with Gasteiger partial charge in [-0.25, -0.2) is 19.9 Å². The fourth-order valence-corrected chi connectivity index (χ4v) is 4.15. The van der Waals surface area contributed by atoms with Gasteiger partial charge in [-0.1, -0.05) is 41.4 Å². The molecule has 2 aromatic carbocycles. The SMILES string of the molecule is Cc1cc(Cl)cc(C(=O)NNC(=O)N(C)c2ccccc2)c1NC(=O)c1cc(C(F)(F)F)nn1-c1ncccc1Cl. The predicted molar refractivity (Wildman–Crippen MR) is 146 cm³/mol. The molecule has 15 heteroatoms. The number of para-hydroxylation sites is 1. The number of nitrogens with one attached hydrogen (secondary N) is 3. The molecule has 212 valence electrons. The van der Waals surface area contributed by atoms with Crippen molar-refractivity contribution in [1.82, 2.24) is 25.6 Å². The zero-order chi connectivity index (χ0) is 29.9. The molecule has 41 heavy (non-hydrogen) atoms. The highest BCUT2D eigenvalue weighted by Gasteiger charge is 2.37. The van der Waals surface area contributed by atoms with E-state index in [2.05, 4.69) is 26.3 Å². The van der Waals surface area contributed by atoms with Gasteiger partial charge in [0.25, 0.3) is 11.8 Å². The second-order valence-electron chi connectivity index (χ2n) is 8.51. The van der Waals surface area contributed by atoms with Crippen molar-refractivity contribution in [3.63, 3.8) is 0 Å². The van der Waals surface area contributed by atoms with Crippen molar-refractivity contribution in [1.29, 1.82) is 0 Å². The fraction of sp³-hybridized carbons (Fsp3) is 0.115. The van der Waals surface area contributed by atoms with E-state index >= 15 is 0 Å². The summed E-state index contributed by atoms with van der Waals surface area (Å²) < 4.78 is 41.2. The van der Waals surface area contributed by atoms with Crippen LogP contribution in [-0.2, 0) is 6.18 Å². The number of urea groups is 1. The number of carbonyl (C=O) groups is 3. The summed E-state index contributed by atoms with van der Waals surface area (Å²) >= 11 is 12.2. The Morgan fingerprint density at radius 3 is 2.32 bits per heavy atom. The highest BCUT2D eigenvalue weighted by atomic mass is 35.5. The van der Waals surface area contributed by atoms with Gasteiger partial charge in [0.1, 0.15) is 5.69 Å². The maximum atomic E-state index is 13.5. The number of hydrogen-bond acceptors (Lipinski definition) is 5. The van der Waals surface area contributed by atoms with E-state index in [0.717, 1.165) is 0 Å². The van der Waals surface area contributed by atoms with Crippen LogP contribution in [0.4, 0.5) is 29.3 Å². The molecule has 4 rings (SSSR count). The molecule has 3 N–H and O–H groups in total. The van der Waals surface area contributed by atoms with Gasteiger partial charge >= 0.3 is 12.2 Å². The lowest BCUT2D eigenvalue weighted by Crippen LogP contribution is -2.47. The van der Waals surface area contributed by atoms with Crippen molar-refractivity contribution in [3.05, 3.63) is 99.4 Å². The Balaban J connectivity index is 1.63. The number of alkyl halides is 3. The number of pyridine rings is 1. The summed E-state index contributed by atoms with van der Waals surface area (Å²) in [5.41, 5.74) is 3.19. The highest BCUT2D eigenvalue weighted by molar-refractivity contribution is 6.32. The van der Waals surface area contributed by atoms with Crippen LogP contribution in [0.5, 0.6) is 0 Å². The summed E-state index contributed by atoms with van der Waals surface area (Å²) in [5, 5.41) is 6.01. The molecule has 4 aromatic rings. The van der Waals surface area contributed by atoms with Crippen molar-refractivity contribution >= 4 is 52.4 Å². The van der Waals surface area contributed by atoms with Crippen molar-refractivity contribution in [2.75, 3.05) is 17.3 Å². The van der Waals surface area contributed by atoms with E-state index in [4.69, 9.17) is 23.2 Å². The van der Waals surface area contributed by atoms with Crippen LogP contribution in [0.15, 0.2) is 66.9 Å². The highest BCUT2D eigenvalue weighted by Crippen LogP contribution is 2.32. The van der Waals surface area contributed by atoms with Gasteiger partial charge in [0.2, 0.25) is 0 Å². The van der Waals surface area contributed by atoms with Gasteiger partial charge in [0, 0.05) is 30.0 Å². The number of hydrazine groups is 1. The Morgan fingerprint density at radius 1 is 0.951 bits per heavy atom. The number of carbonyl (C=O) groups excluding carboxylic acids is 3. The molecular formula is C26H20Cl2F3N7O3. The lowest BCUT2D eigenvalue weighted by Gasteiger charge is -2.19. The molecule has 0 saturated heterocycles. The minimum Gasteiger partial charge on any atom is -0.320 e. The van der Waals surface area contributed by atoms with E-state index in [-0.39, 0.29) is 27.1 Å². The number of halogens is 5. The normalized spacial score (nSPS) is 11.1. The van der Waals surface area contributed by atoms with Crippen LogP contribution in [0.3, 0.4) is 0 Å². The van der Waals surface area contributed by atoms with E-state index in [1.807, 2.05) is 0 Å². The van der Waals surface area contributed by atoms with Crippen molar-refractivity contribution in [3.8, 4) is 5.82 Å². The fourth-order valence-electron chi connectivity index (χ4n) is 3.67. The molecule has 4 amide bonds. The third kappa shape index (κ3) is 6.58. The Kier molecular flexibility index (Phi) is 8.49. The van der Waals surface area contributed by atoms with Gasteiger partial charge in [0.05, 0.1) is 16.3 Å². The Morgan fingerprint density at radius 2 is 1.66 bits per heavy atom. The molecule has 10 nitrogen and oxygen atoms in total. The van der Waals surface area contributed by atoms with Gasteiger partial charge in [-0.3, -0.25) is 19.9 Å². The summed E-state index contributed by atoms with van der Waals surface area (Å²) in [5.74, 6) is -2.13. The summed E-state index contributed by atoms with van der Waals surface area (Å²) in [4.78, 5) is 44.1. The topological polar surface area (TPSA) is 121 Å². The Bertz CT molecular complexity index is 1630. The zero-order valence-electron chi connectivity index (χ0n) is 21.3. The Hall–Kier alpha value is -4.62. The average Bonchev–Trinajstić information content (AvgIpc) is 3.39. The third-order valence-corrected chi connectivity index (χ3v) is 6.20. The van der Waals surface area contributed by atoms with Gasteiger partial charge in [0.15, 0.2) is 11.5 Å². The monoisotopic (exact) mass is 605 g/mol. The van der Waals surface area contributed by atoms with Gasteiger partial charge in [-0.2, -0.15) is 18.3 Å². The molecule has 2 heterocycles. The number of rotatable bonds is 5. The summed E-state index contributed by atoms with van der Waals surface area (Å²) in [7, 11) is 1.48. The molecule has 0 saturated carbocycles. The second kappa shape index (κ2) is 11.9. The molecule has 0 unspecified atom stereocenters. The molecule has 0 aliphatic carbocycles. The standard InChI is InChI=1S/C26H20Cl2F3N7O3/c1-14-11-15(27)12-17(23(39)34-35-25(41)37(2)16-7-4-3-5-8-16)21(14)33-24(40)19-13-20(26(29,30)31)36-38(19)22-18(28)9-6-10-32-22/h3-13H,1-2H3,(H,33,40)(H,34,39)(H,35,41). The van der Waals surface area contributed by atoms with Gasteiger partial charge in [-0.15, -0.1) is 0 Å². The number of hydrogen-bond donors (Lipinski definition) is 3. The summed E-state index contributed by atoms with van der Waals surface area (Å²) in [6.07, 6.45) is -3.61. The van der Waals surface area contributed by atoms with Crippen LogP contribution < -0.4 is 21.1 Å². The van der Waals surface area contributed by atoms with Gasteiger partial charge in [-0.05, 0) is 48.9 Å². The van der Waals surface area contributed by atoms with Crippen molar-refractivity contribution < 1.29 is 27.6 Å². The van der Waals surface area contributed by atoms with Crippen molar-refractivity contribution in [2.24, 2.45) is 0 Å². The Labute approximate surface area is 241 Å². The molecule has 0 fully saturated rings. The first-order valence-corrected chi connectivity index (χ1v) is 12.4. The van der Waals surface area contributed by atoms with E-state index in [0.29, 0.717) is 22.0 Å². The first-order chi connectivity index (χ1) is 19.4. The summed E-state index contributed by atoms with van der Waals surface area (Å²) in [6, 6.07) is 13.9. The molecule has 0 aliphatic heterocycles. The van der Waals surface area contributed by atoms with E-state index in [9.17, 15) is 27.6 Å². The first kappa shape index (κ1) is 29.4. The van der Waals surface area contributed by atoms with E-state index < -0.39 is 35.4 Å². The number of amides is 4. The molecule has 0 radical (unpaired) electrons. The molecule has 0 bridgehead atoms. The largest absolute Gasteiger partial charge is 0.435 e. The first-order valence-electron chi connectivity index (χ1n) is 11.7.